The van der Waals surface area contributed by atoms with Crippen molar-refractivity contribution in [1.82, 2.24) is 15.3 Å². The number of aryl methyl sites for hydroxylation is 1. The molecule has 0 aliphatic carbocycles. The maximum Gasteiger partial charge on any atom is 0.325 e. The second-order valence-corrected chi connectivity index (χ2v) is 6.33. The Morgan fingerprint density at radius 1 is 1.41 bits per heavy atom. The second-order valence-electron chi connectivity index (χ2n) is 5.89. The van der Waals surface area contributed by atoms with Gasteiger partial charge in [-0.05, 0) is 19.1 Å². The molecule has 1 atom stereocenters. The average Bonchev–Trinajstić information content (AvgIpc) is 2.63. The monoisotopic (exact) mass is 395 g/mol. The summed E-state index contributed by atoms with van der Waals surface area (Å²) in [6.45, 7) is 3.83. The molecule has 1 aromatic heterocycles. The van der Waals surface area contributed by atoms with Crippen LogP contribution in [0.15, 0.2) is 24.5 Å². The molecule has 1 unspecified atom stereocenters. The molecule has 2 heterocycles. The Bertz CT molecular complexity index is 800. The summed E-state index contributed by atoms with van der Waals surface area (Å²) in [5, 5.41) is 8.32. The van der Waals surface area contributed by atoms with Crippen molar-refractivity contribution >= 4 is 29.1 Å². The summed E-state index contributed by atoms with van der Waals surface area (Å²) in [4.78, 5) is 20.3. The molecular weight excluding hydrogens is 377 g/mol. The van der Waals surface area contributed by atoms with Crippen molar-refractivity contribution < 1.29 is 18.7 Å². The summed E-state index contributed by atoms with van der Waals surface area (Å²) in [6.07, 6.45) is 2.72. The van der Waals surface area contributed by atoms with E-state index < -0.39 is 11.8 Å². The first-order valence-corrected chi connectivity index (χ1v) is 8.70. The van der Waals surface area contributed by atoms with Crippen molar-refractivity contribution in [3.63, 3.8) is 0 Å². The number of rotatable bonds is 5. The number of carbonyl (C=O) groups excluding carboxylic acids is 1. The van der Waals surface area contributed by atoms with Crippen molar-refractivity contribution in [2.45, 2.75) is 13.0 Å². The standard InChI is InChI=1S/C17H19ClFN5O3/c1-10-6-22-15(8-21-10)24-17(25)23-14-5-11(18)4-13(19)16(14)27-9-12-7-20-2-3-26-12/h4-6,8,12,20H,2-3,7,9H2,1H3,(H2,22,23,24,25). The highest BCUT2D eigenvalue weighted by Gasteiger charge is 2.19. The molecule has 10 heteroatoms. The van der Waals surface area contributed by atoms with Crippen LogP contribution in [-0.2, 0) is 4.74 Å². The predicted octanol–water partition coefficient (Wildman–Crippen LogP) is 2.59. The van der Waals surface area contributed by atoms with Crippen LogP contribution in [0.25, 0.3) is 0 Å². The predicted molar refractivity (Wildman–Crippen MR) is 98.9 cm³/mol. The van der Waals surface area contributed by atoms with Crippen molar-refractivity contribution in [3.05, 3.63) is 41.1 Å². The third kappa shape index (κ3) is 5.49. The van der Waals surface area contributed by atoms with Crippen molar-refractivity contribution in [2.24, 2.45) is 0 Å². The lowest BCUT2D eigenvalue weighted by atomic mass is 10.2. The van der Waals surface area contributed by atoms with Gasteiger partial charge in [-0.1, -0.05) is 11.6 Å². The number of anilines is 2. The highest BCUT2D eigenvalue weighted by atomic mass is 35.5. The van der Waals surface area contributed by atoms with E-state index >= 15 is 0 Å². The minimum Gasteiger partial charge on any atom is -0.486 e. The normalized spacial score (nSPS) is 16.6. The van der Waals surface area contributed by atoms with E-state index in [-0.39, 0.29) is 35.0 Å². The molecule has 2 amide bonds. The van der Waals surface area contributed by atoms with Gasteiger partial charge >= 0.3 is 6.03 Å². The van der Waals surface area contributed by atoms with Gasteiger partial charge in [0.25, 0.3) is 0 Å². The fourth-order valence-electron chi connectivity index (χ4n) is 2.43. The number of nitrogens with one attached hydrogen (secondary N) is 3. The molecule has 3 rings (SSSR count). The lowest BCUT2D eigenvalue weighted by molar-refractivity contribution is -0.000366. The van der Waals surface area contributed by atoms with Gasteiger partial charge in [0, 0.05) is 18.1 Å². The Morgan fingerprint density at radius 2 is 2.26 bits per heavy atom. The smallest absolute Gasteiger partial charge is 0.325 e. The highest BCUT2D eigenvalue weighted by Crippen LogP contribution is 2.32. The zero-order chi connectivity index (χ0) is 19.2. The van der Waals surface area contributed by atoms with E-state index in [4.69, 9.17) is 21.1 Å². The van der Waals surface area contributed by atoms with E-state index in [1.807, 2.05) is 0 Å². The van der Waals surface area contributed by atoms with Gasteiger partial charge < -0.3 is 20.1 Å². The van der Waals surface area contributed by atoms with Crippen molar-refractivity contribution in [1.29, 1.82) is 0 Å². The van der Waals surface area contributed by atoms with E-state index in [2.05, 4.69) is 25.9 Å². The maximum absolute atomic E-state index is 14.3. The van der Waals surface area contributed by atoms with Gasteiger partial charge in [0.05, 0.1) is 30.4 Å². The first-order valence-electron chi connectivity index (χ1n) is 8.32. The molecule has 8 nitrogen and oxygen atoms in total. The Balaban J connectivity index is 1.69. The summed E-state index contributed by atoms with van der Waals surface area (Å²) in [5.74, 6) is -0.542. The summed E-state index contributed by atoms with van der Waals surface area (Å²) < 4.78 is 25.4. The van der Waals surface area contributed by atoms with Crippen LogP contribution < -0.4 is 20.7 Å². The summed E-state index contributed by atoms with van der Waals surface area (Å²) >= 11 is 5.91. The third-order valence-electron chi connectivity index (χ3n) is 3.70. The Hall–Kier alpha value is -2.49. The molecule has 1 fully saturated rings. The largest absolute Gasteiger partial charge is 0.486 e. The van der Waals surface area contributed by atoms with Gasteiger partial charge in [-0.2, -0.15) is 0 Å². The van der Waals surface area contributed by atoms with Crippen LogP contribution in [0.1, 0.15) is 5.69 Å². The molecule has 0 bridgehead atoms. The third-order valence-corrected chi connectivity index (χ3v) is 3.92. The zero-order valence-electron chi connectivity index (χ0n) is 14.6. The summed E-state index contributed by atoms with van der Waals surface area (Å²) in [6, 6.07) is 1.89. The van der Waals surface area contributed by atoms with Gasteiger partial charge in [0.2, 0.25) is 0 Å². The summed E-state index contributed by atoms with van der Waals surface area (Å²) in [7, 11) is 0. The second kappa shape index (κ2) is 8.94. The number of hydrogen-bond acceptors (Lipinski definition) is 6. The number of nitrogens with zero attached hydrogens (tertiary/aromatic N) is 2. The lowest BCUT2D eigenvalue weighted by Gasteiger charge is -2.24. The van der Waals surface area contributed by atoms with Crippen molar-refractivity contribution in [3.8, 4) is 5.75 Å². The first kappa shape index (κ1) is 19.3. The average molecular weight is 396 g/mol. The van der Waals surface area contributed by atoms with Crippen LogP contribution in [0.2, 0.25) is 5.02 Å². The molecule has 0 saturated carbocycles. The molecule has 1 aromatic carbocycles. The molecule has 3 N–H and O–H groups in total. The Kier molecular flexibility index (Phi) is 6.38. The number of amides is 2. The van der Waals surface area contributed by atoms with Gasteiger partial charge in [-0.3, -0.25) is 10.3 Å². The van der Waals surface area contributed by atoms with Gasteiger partial charge in [-0.15, -0.1) is 0 Å². The zero-order valence-corrected chi connectivity index (χ0v) is 15.3. The number of halogens is 2. The van der Waals surface area contributed by atoms with E-state index in [1.54, 1.807) is 6.92 Å². The topological polar surface area (TPSA) is 97.4 Å². The molecule has 0 radical (unpaired) electrons. The number of morpholine rings is 1. The van der Waals surface area contributed by atoms with Crippen LogP contribution in [-0.4, -0.2) is 48.4 Å². The van der Waals surface area contributed by atoms with Crippen molar-refractivity contribution in [2.75, 3.05) is 36.9 Å². The molecule has 27 heavy (non-hydrogen) atoms. The number of urea groups is 1. The number of benzene rings is 1. The van der Waals surface area contributed by atoms with Crippen LogP contribution >= 0.6 is 11.6 Å². The molecule has 1 aliphatic heterocycles. The Labute approximate surface area is 160 Å². The van der Waals surface area contributed by atoms with E-state index in [0.29, 0.717) is 18.8 Å². The van der Waals surface area contributed by atoms with Crippen LogP contribution in [0.4, 0.5) is 20.7 Å². The first-order chi connectivity index (χ1) is 13.0. The van der Waals surface area contributed by atoms with Gasteiger partial charge in [0.1, 0.15) is 12.7 Å². The molecule has 1 aliphatic rings. The number of carbonyl (C=O) groups is 1. The molecule has 144 valence electrons. The molecule has 1 saturated heterocycles. The molecule has 0 spiro atoms. The van der Waals surface area contributed by atoms with E-state index in [9.17, 15) is 9.18 Å². The maximum atomic E-state index is 14.3. The minimum atomic E-state index is -0.684. The van der Waals surface area contributed by atoms with E-state index in [1.165, 1.54) is 18.5 Å². The summed E-state index contributed by atoms with van der Waals surface area (Å²) in [5.41, 5.74) is 0.814. The van der Waals surface area contributed by atoms with E-state index in [0.717, 1.165) is 12.6 Å². The van der Waals surface area contributed by atoms with Crippen LogP contribution in [0.3, 0.4) is 0 Å². The fraction of sp³-hybridized carbons (Fsp3) is 0.353. The number of hydrogen-bond donors (Lipinski definition) is 3. The quantitative estimate of drug-likeness (QED) is 0.720. The van der Waals surface area contributed by atoms with Crippen LogP contribution in [0.5, 0.6) is 5.75 Å². The minimum absolute atomic E-state index is 0.0985. The molecule has 2 aromatic rings. The van der Waals surface area contributed by atoms with Crippen LogP contribution in [0, 0.1) is 12.7 Å². The van der Waals surface area contributed by atoms with Gasteiger partial charge in [0.15, 0.2) is 17.4 Å². The highest BCUT2D eigenvalue weighted by molar-refractivity contribution is 6.31. The SMILES string of the molecule is Cc1cnc(NC(=O)Nc2cc(Cl)cc(F)c2OCC2CNCCO2)cn1. The Morgan fingerprint density at radius 3 is 2.96 bits per heavy atom. The van der Waals surface area contributed by atoms with Gasteiger partial charge in [-0.25, -0.2) is 14.2 Å². The number of ether oxygens (including phenoxy) is 2. The molecular formula is C17H19ClFN5O3. The number of aromatic nitrogens is 2. The lowest BCUT2D eigenvalue weighted by Crippen LogP contribution is -2.41. The fourth-order valence-corrected chi connectivity index (χ4v) is 2.63.